The second-order valence-electron chi connectivity index (χ2n) is 1.56. The Hall–Kier alpha value is -0.930. The first-order valence-corrected chi connectivity index (χ1v) is 2.56. The van der Waals surface area contributed by atoms with Crippen LogP contribution in [0.25, 0.3) is 0 Å². The van der Waals surface area contributed by atoms with Crippen molar-refractivity contribution >= 4 is 12.2 Å². The molecule has 0 saturated heterocycles. The summed E-state index contributed by atoms with van der Waals surface area (Å²) < 4.78 is 12.0. The lowest BCUT2D eigenvalue weighted by molar-refractivity contribution is -0.144. The Morgan fingerprint density at radius 1 is 1.78 bits per heavy atom. The molecule has 3 nitrogen and oxygen atoms in total. The number of carbonyl (C=O) groups excluding carboxylic acids is 2. The molecule has 0 unspecified atom stereocenters. The van der Waals surface area contributed by atoms with Gasteiger partial charge in [-0.2, -0.15) is 5.12 Å². The third-order valence-electron chi connectivity index (χ3n) is 0.785. The normalized spacial score (nSPS) is 8.67. The first kappa shape index (κ1) is 8.07. The Kier molecular flexibility index (Phi) is 3.59. The minimum atomic E-state index is -0.670. The summed E-state index contributed by atoms with van der Waals surface area (Å²) in [5.41, 5.74) is 0. The highest BCUT2D eigenvalue weighted by atomic mass is 19.2. The van der Waals surface area contributed by atoms with Gasteiger partial charge in [0, 0.05) is 13.3 Å². The zero-order valence-electron chi connectivity index (χ0n) is 5.13. The van der Waals surface area contributed by atoms with Crippen LogP contribution in [0.15, 0.2) is 0 Å². The van der Waals surface area contributed by atoms with Crippen molar-refractivity contribution in [2.75, 3.05) is 6.54 Å². The molecule has 0 bridgehead atoms. The van der Waals surface area contributed by atoms with E-state index in [4.69, 9.17) is 0 Å². The van der Waals surface area contributed by atoms with Gasteiger partial charge >= 0.3 is 0 Å². The van der Waals surface area contributed by atoms with E-state index in [2.05, 4.69) is 0 Å². The highest BCUT2D eigenvalue weighted by Crippen LogP contribution is 1.89. The van der Waals surface area contributed by atoms with Crippen molar-refractivity contribution in [3.8, 4) is 0 Å². The molecule has 0 aromatic heterocycles. The predicted octanol–water partition coefficient (Wildman–Crippen LogP) is 0.308. The van der Waals surface area contributed by atoms with E-state index >= 15 is 0 Å². The summed E-state index contributed by atoms with van der Waals surface area (Å²) in [6.07, 6.45) is 0.617. The fourth-order valence-electron chi connectivity index (χ4n) is 0.323. The Labute approximate surface area is 52.4 Å². The molecule has 1 amide bonds. The fourth-order valence-corrected chi connectivity index (χ4v) is 0.323. The molecular formula is C5H8FNO2. The Balaban J connectivity index is 3.37. The monoisotopic (exact) mass is 133 g/mol. The molecule has 0 heterocycles. The standard InChI is InChI=1S/C5H8FNO2/c1-5(9)7(6)3-2-4-8/h4H,2-3H2,1H3. The molecule has 0 aliphatic heterocycles. The molecule has 0 atom stereocenters. The summed E-state index contributed by atoms with van der Waals surface area (Å²) in [7, 11) is 0. The number of hydrogen-bond acceptors (Lipinski definition) is 2. The van der Waals surface area contributed by atoms with Crippen molar-refractivity contribution in [2.24, 2.45) is 0 Å². The van der Waals surface area contributed by atoms with E-state index in [1.807, 2.05) is 0 Å². The molecule has 0 aromatic carbocycles. The highest BCUT2D eigenvalue weighted by Gasteiger charge is 2.03. The Morgan fingerprint density at radius 3 is 2.67 bits per heavy atom. The lowest BCUT2D eigenvalue weighted by Crippen LogP contribution is -2.20. The zero-order chi connectivity index (χ0) is 7.28. The van der Waals surface area contributed by atoms with Crippen molar-refractivity contribution < 1.29 is 14.1 Å². The Bertz CT molecular complexity index is 116. The van der Waals surface area contributed by atoms with Gasteiger partial charge in [-0.1, -0.05) is 4.48 Å². The highest BCUT2D eigenvalue weighted by molar-refractivity contribution is 5.72. The smallest absolute Gasteiger partial charge is 0.247 e. The summed E-state index contributed by atoms with van der Waals surface area (Å²) >= 11 is 0. The van der Waals surface area contributed by atoms with Gasteiger partial charge in [0.05, 0.1) is 6.54 Å². The van der Waals surface area contributed by atoms with Crippen LogP contribution in [0, 0.1) is 0 Å². The molecule has 4 heteroatoms. The second-order valence-corrected chi connectivity index (χ2v) is 1.56. The lowest BCUT2D eigenvalue weighted by atomic mass is 10.4. The number of aldehydes is 1. The number of amides is 1. The first-order chi connectivity index (χ1) is 4.18. The van der Waals surface area contributed by atoms with Gasteiger partial charge in [0.15, 0.2) is 0 Å². The zero-order valence-corrected chi connectivity index (χ0v) is 5.13. The lowest BCUT2D eigenvalue weighted by Gasteiger charge is -2.04. The molecule has 0 rings (SSSR count). The number of carbonyl (C=O) groups is 2. The van der Waals surface area contributed by atoms with Crippen LogP contribution < -0.4 is 0 Å². The van der Waals surface area contributed by atoms with Gasteiger partial charge in [0.2, 0.25) is 5.91 Å². The summed E-state index contributed by atoms with van der Waals surface area (Å²) in [4.78, 5) is 19.7. The van der Waals surface area contributed by atoms with E-state index < -0.39 is 5.91 Å². The number of rotatable bonds is 3. The van der Waals surface area contributed by atoms with Gasteiger partial charge in [-0.3, -0.25) is 4.79 Å². The molecule has 0 fully saturated rings. The van der Waals surface area contributed by atoms with E-state index in [1.54, 1.807) is 0 Å². The third-order valence-corrected chi connectivity index (χ3v) is 0.785. The molecule has 0 aliphatic rings. The Morgan fingerprint density at radius 2 is 2.33 bits per heavy atom. The summed E-state index contributed by atoms with van der Waals surface area (Å²) in [6.45, 7) is 0.962. The second kappa shape index (κ2) is 4.00. The number of halogens is 1. The van der Waals surface area contributed by atoms with Crippen LogP contribution in [0.5, 0.6) is 0 Å². The van der Waals surface area contributed by atoms with Crippen LogP contribution in [0.4, 0.5) is 4.48 Å². The quantitative estimate of drug-likeness (QED) is 0.410. The van der Waals surface area contributed by atoms with Crippen LogP contribution in [-0.4, -0.2) is 23.9 Å². The molecular weight excluding hydrogens is 125 g/mol. The van der Waals surface area contributed by atoms with Gasteiger partial charge in [-0.15, -0.1) is 0 Å². The van der Waals surface area contributed by atoms with Crippen LogP contribution in [0.1, 0.15) is 13.3 Å². The topological polar surface area (TPSA) is 37.4 Å². The van der Waals surface area contributed by atoms with Crippen molar-refractivity contribution in [1.82, 2.24) is 5.12 Å². The van der Waals surface area contributed by atoms with E-state index in [1.165, 1.54) is 0 Å². The van der Waals surface area contributed by atoms with Gasteiger partial charge in [0.1, 0.15) is 6.29 Å². The number of nitrogens with zero attached hydrogens (tertiary/aromatic N) is 1. The SMILES string of the molecule is CC(=O)N(F)CCC=O. The first-order valence-electron chi connectivity index (χ1n) is 2.56. The van der Waals surface area contributed by atoms with Gasteiger partial charge < -0.3 is 4.79 Å². The maximum Gasteiger partial charge on any atom is 0.247 e. The van der Waals surface area contributed by atoms with Crippen molar-refractivity contribution in [2.45, 2.75) is 13.3 Å². The third kappa shape index (κ3) is 3.64. The van der Waals surface area contributed by atoms with E-state index in [0.717, 1.165) is 6.92 Å². The minimum absolute atomic E-state index is 0.00833. The van der Waals surface area contributed by atoms with Crippen LogP contribution in [-0.2, 0) is 9.59 Å². The molecule has 0 spiro atoms. The van der Waals surface area contributed by atoms with E-state index in [9.17, 15) is 14.1 Å². The molecule has 0 aliphatic carbocycles. The summed E-state index contributed by atoms with van der Waals surface area (Å²) in [5.74, 6) is -0.670. The molecule has 9 heavy (non-hydrogen) atoms. The van der Waals surface area contributed by atoms with Crippen molar-refractivity contribution in [3.63, 3.8) is 0 Å². The van der Waals surface area contributed by atoms with Crippen LogP contribution >= 0.6 is 0 Å². The fraction of sp³-hybridized carbons (Fsp3) is 0.600. The maximum atomic E-state index is 12.0. The molecule has 0 saturated carbocycles. The molecule has 52 valence electrons. The summed E-state index contributed by atoms with van der Waals surface area (Å²) in [6, 6.07) is 0. The maximum absolute atomic E-state index is 12.0. The molecule has 0 N–H and O–H groups in total. The minimum Gasteiger partial charge on any atom is -0.303 e. The average molecular weight is 133 g/mol. The van der Waals surface area contributed by atoms with Crippen LogP contribution in [0.3, 0.4) is 0 Å². The van der Waals surface area contributed by atoms with Crippen molar-refractivity contribution in [1.29, 1.82) is 0 Å². The van der Waals surface area contributed by atoms with Crippen molar-refractivity contribution in [3.05, 3.63) is 0 Å². The molecule has 0 aromatic rings. The molecule has 0 radical (unpaired) electrons. The summed E-state index contributed by atoms with van der Waals surface area (Å²) in [5, 5.41) is 0.00833. The van der Waals surface area contributed by atoms with Gasteiger partial charge in [-0.05, 0) is 0 Å². The average Bonchev–Trinajstić information content (AvgIpc) is 1.82. The number of hydrogen-bond donors (Lipinski definition) is 0. The largest absolute Gasteiger partial charge is 0.303 e. The van der Waals surface area contributed by atoms with E-state index in [-0.39, 0.29) is 18.1 Å². The van der Waals surface area contributed by atoms with E-state index in [0.29, 0.717) is 6.29 Å². The van der Waals surface area contributed by atoms with Crippen LogP contribution in [0.2, 0.25) is 0 Å². The van der Waals surface area contributed by atoms with Gasteiger partial charge in [-0.25, -0.2) is 0 Å². The predicted molar refractivity (Wildman–Crippen MR) is 29.2 cm³/mol. The van der Waals surface area contributed by atoms with Gasteiger partial charge in [0.25, 0.3) is 0 Å².